The van der Waals surface area contributed by atoms with Gasteiger partial charge in [-0.15, -0.1) is 0 Å². The zero-order valence-electron chi connectivity index (χ0n) is 7.22. The Kier molecular flexibility index (Phi) is 3.30. The van der Waals surface area contributed by atoms with Crippen LogP contribution in [0.5, 0.6) is 0 Å². The van der Waals surface area contributed by atoms with E-state index >= 15 is 0 Å². The molecule has 8 heteroatoms. The van der Waals surface area contributed by atoms with Crippen LogP contribution in [0, 0.1) is 5.41 Å². The molecule has 0 radical (unpaired) electrons. The van der Waals surface area contributed by atoms with Crippen LogP contribution >= 0.6 is 15.9 Å². The minimum atomic E-state index is -4.56. The van der Waals surface area contributed by atoms with Gasteiger partial charge in [0.25, 0.3) is 0 Å². The Bertz CT molecular complexity index is 379. The van der Waals surface area contributed by atoms with Crippen molar-refractivity contribution in [3.8, 4) is 0 Å². The summed E-state index contributed by atoms with van der Waals surface area (Å²) < 4.78 is 37.7. The molecule has 1 aromatic heterocycles. The maximum absolute atomic E-state index is 12.5. The van der Waals surface area contributed by atoms with Crippen molar-refractivity contribution in [2.75, 3.05) is 5.01 Å². The number of hydrogen-bond acceptors (Lipinski definition) is 3. The number of rotatable bonds is 2. The minimum Gasteiger partial charge on any atom is -0.290 e. The molecule has 0 aliphatic heterocycles. The van der Waals surface area contributed by atoms with Gasteiger partial charge in [-0.25, -0.2) is 10.8 Å². The quantitative estimate of drug-likeness (QED) is 0.378. The Morgan fingerprint density at radius 2 is 2.13 bits per heavy atom. The third-order valence-electron chi connectivity index (χ3n) is 1.52. The summed E-state index contributed by atoms with van der Waals surface area (Å²) in [4.78, 5) is 3.50. The van der Waals surface area contributed by atoms with E-state index in [-0.39, 0.29) is 4.47 Å². The van der Waals surface area contributed by atoms with Crippen LogP contribution in [0.3, 0.4) is 0 Å². The van der Waals surface area contributed by atoms with Gasteiger partial charge in [0.15, 0.2) is 5.82 Å². The number of aromatic nitrogens is 1. The van der Waals surface area contributed by atoms with Crippen molar-refractivity contribution < 1.29 is 13.2 Å². The van der Waals surface area contributed by atoms with E-state index in [0.717, 1.165) is 6.07 Å². The summed E-state index contributed by atoms with van der Waals surface area (Å²) in [6, 6.07) is 0.853. The third kappa shape index (κ3) is 2.66. The highest BCUT2D eigenvalue weighted by Crippen LogP contribution is 2.35. The Balaban J connectivity index is 3.33. The molecule has 15 heavy (non-hydrogen) atoms. The van der Waals surface area contributed by atoms with E-state index < -0.39 is 17.6 Å². The number of hydrogen-bond donors (Lipinski definition) is 2. The number of nitrogens with two attached hydrogens (primary N) is 1. The van der Waals surface area contributed by atoms with Gasteiger partial charge in [-0.2, -0.15) is 13.2 Å². The molecule has 0 aliphatic rings. The van der Waals surface area contributed by atoms with Crippen LogP contribution < -0.4 is 10.9 Å². The van der Waals surface area contributed by atoms with Gasteiger partial charge in [-0.3, -0.25) is 10.4 Å². The van der Waals surface area contributed by atoms with Crippen LogP contribution in [-0.4, -0.2) is 11.3 Å². The molecule has 82 valence electrons. The number of alkyl halides is 3. The van der Waals surface area contributed by atoms with Gasteiger partial charge in [0, 0.05) is 10.7 Å². The highest BCUT2D eigenvalue weighted by Gasteiger charge is 2.35. The molecule has 1 aromatic rings. The third-order valence-corrected chi connectivity index (χ3v) is 1.96. The van der Waals surface area contributed by atoms with Gasteiger partial charge < -0.3 is 0 Å². The van der Waals surface area contributed by atoms with E-state index in [1.54, 1.807) is 0 Å². The van der Waals surface area contributed by atoms with Gasteiger partial charge in [0.1, 0.15) is 11.9 Å². The molecule has 0 saturated heterocycles. The highest BCUT2D eigenvalue weighted by molar-refractivity contribution is 9.10. The monoisotopic (exact) mass is 282 g/mol. The first-order valence-corrected chi connectivity index (χ1v) is 4.43. The molecule has 0 atom stereocenters. The van der Waals surface area contributed by atoms with Crippen LogP contribution in [0.25, 0.3) is 0 Å². The van der Waals surface area contributed by atoms with Crippen molar-refractivity contribution in [2.24, 2.45) is 5.84 Å². The number of nitrogens with zero attached hydrogens (tertiary/aromatic N) is 2. The Morgan fingerprint density at radius 3 is 2.60 bits per heavy atom. The number of pyridine rings is 1. The second-order valence-corrected chi connectivity index (χ2v) is 3.47. The Morgan fingerprint density at radius 1 is 1.53 bits per heavy atom. The molecular formula is C7H6BrF3N4. The number of anilines is 1. The number of hydrazine groups is 1. The smallest absolute Gasteiger partial charge is 0.290 e. The van der Waals surface area contributed by atoms with E-state index in [1.807, 2.05) is 0 Å². The van der Waals surface area contributed by atoms with Gasteiger partial charge in [0.2, 0.25) is 0 Å². The van der Waals surface area contributed by atoms with Gasteiger partial charge >= 0.3 is 6.18 Å². The summed E-state index contributed by atoms with van der Waals surface area (Å²) in [6.07, 6.45) is -2.84. The average Bonchev–Trinajstić information content (AvgIpc) is 2.15. The van der Waals surface area contributed by atoms with E-state index in [4.69, 9.17) is 11.3 Å². The van der Waals surface area contributed by atoms with E-state index in [1.165, 1.54) is 6.20 Å². The molecule has 0 spiro atoms. The largest absolute Gasteiger partial charge is 0.420 e. The molecule has 0 unspecified atom stereocenters. The topological polar surface area (TPSA) is 66.0 Å². The maximum atomic E-state index is 12.5. The molecule has 3 N–H and O–H groups in total. The molecule has 0 amide bonds. The zero-order valence-corrected chi connectivity index (χ0v) is 8.80. The first-order chi connectivity index (χ1) is 6.86. The van der Waals surface area contributed by atoms with Crippen molar-refractivity contribution in [3.05, 3.63) is 22.3 Å². The maximum Gasteiger partial charge on any atom is 0.420 e. The molecule has 0 aromatic carbocycles. The lowest BCUT2D eigenvalue weighted by atomic mass is 10.2. The predicted molar refractivity (Wildman–Crippen MR) is 52.4 cm³/mol. The summed E-state index contributed by atoms with van der Waals surface area (Å²) in [5.74, 6) is 4.64. The molecule has 0 aliphatic carbocycles. The zero-order chi connectivity index (χ0) is 11.6. The molecule has 1 rings (SSSR count). The Hall–Kier alpha value is -1.15. The lowest BCUT2D eigenvalue weighted by Gasteiger charge is -2.17. The second-order valence-electron chi connectivity index (χ2n) is 2.56. The fraction of sp³-hybridized carbons (Fsp3) is 0.143. The fourth-order valence-corrected chi connectivity index (χ4v) is 1.24. The second kappa shape index (κ2) is 4.15. The summed E-state index contributed by atoms with van der Waals surface area (Å²) in [6.45, 7) is 0. The van der Waals surface area contributed by atoms with Gasteiger partial charge in [-0.05, 0) is 22.0 Å². The molecule has 0 saturated carbocycles. The number of halogens is 4. The summed E-state index contributed by atoms with van der Waals surface area (Å²) in [5.41, 5.74) is -0.997. The van der Waals surface area contributed by atoms with Crippen LogP contribution in [0.2, 0.25) is 0 Å². The molecule has 4 nitrogen and oxygen atoms in total. The number of nitrogens with one attached hydrogen (secondary N) is 1. The fourth-order valence-electron chi connectivity index (χ4n) is 0.908. The van der Waals surface area contributed by atoms with Gasteiger partial charge in [-0.1, -0.05) is 0 Å². The van der Waals surface area contributed by atoms with Crippen LogP contribution in [0.4, 0.5) is 19.0 Å². The van der Waals surface area contributed by atoms with Crippen molar-refractivity contribution in [3.63, 3.8) is 0 Å². The molecular weight excluding hydrogens is 277 g/mol. The summed E-state index contributed by atoms with van der Waals surface area (Å²) in [5, 5.41) is 7.25. The SMILES string of the molecule is N=CN(N)c1ncc(Br)cc1C(F)(F)F. The normalized spacial score (nSPS) is 11.3. The first kappa shape index (κ1) is 11.9. The molecule has 0 bridgehead atoms. The van der Waals surface area contributed by atoms with Crippen molar-refractivity contribution in [1.29, 1.82) is 5.41 Å². The van der Waals surface area contributed by atoms with E-state index in [0.29, 0.717) is 11.3 Å². The minimum absolute atomic E-state index is 0.192. The molecule has 0 fully saturated rings. The lowest BCUT2D eigenvalue weighted by molar-refractivity contribution is -0.137. The van der Waals surface area contributed by atoms with E-state index in [9.17, 15) is 13.2 Å². The van der Waals surface area contributed by atoms with E-state index in [2.05, 4.69) is 20.9 Å². The van der Waals surface area contributed by atoms with Gasteiger partial charge in [0.05, 0.1) is 0 Å². The van der Waals surface area contributed by atoms with Crippen molar-refractivity contribution in [2.45, 2.75) is 6.18 Å². The lowest BCUT2D eigenvalue weighted by Crippen LogP contribution is -2.31. The molecule has 1 heterocycles. The van der Waals surface area contributed by atoms with Crippen molar-refractivity contribution >= 4 is 28.1 Å². The predicted octanol–water partition coefficient (Wildman–Crippen LogP) is 2.15. The van der Waals surface area contributed by atoms with Crippen molar-refractivity contribution in [1.82, 2.24) is 4.98 Å². The average molecular weight is 283 g/mol. The Labute approximate surface area is 91.5 Å². The van der Waals surface area contributed by atoms with Crippen LogP contribution in [-0.2, 0) is 6.18 Å². The summed E-state index contributed by atoms with van der Waals surface area (Å²) >= 11 is 2.88. The first-order valence-electron chi connectivity index (χ1n) is 3.63. The van der Waals surface area contributed by atoms with Crippen LogP contribution in [0.15, 0.2) is 16.7 Å². The summed E-state index contributed by atoms with van der Waals surface area (Å²) in [7, 11) is 0. The standard InChI is InChI=1S/C7H6BrF3N4/c8-4-1-5(7(9,10)11)6(14-2-4)15(13)3-12/h1-3,12H,13H2. The van der Waals surface area contributed by atoms with Crippen LogP contribution in [0.1, 0.15) is 5.56 Å². The highest BCUT2D eigenvalue weighted by atomic mass is 79.9.